The third-order valence-electron chi connectivity index (χ3n) is 4.62. The van der Waals surface area contributed by atoms with Crippen LogP contribution in [0.15, 0.2) is 14.6 Å². The normalized spacial score (nSPS) is 13.5. The molecule has 1 heterocycles. The molecule has 0 spiro atoms. The van der Waals surface area contributed by atoms with E-state index < -0.39 is 11.2 Å². The van der Waals surface area contributed by atoms with E-state index in [2.05, 4.69) is 23.7 Å². The number of nitrogens with zero attached hydrogens (tertiary/aromatic N) is 4. The molecule has 0 unspecified atom stereocenters. The van der Waals surface area contributed by atoms with Gasteiger partial charge in [0.25, 0.3) is 5.56 Å². The summed E-state index contributed by atoms with van der Waals surface area (Å²) in [5.41, 5.74) is -0.378. The molecular weight excluding hydrogens is 320 g/mol. The Kier molecular flexibility index (Phi) is 8.09. The Morgan fingerprint density at radius 1 is 1.16 bits per heavy atom. The summed E-state index contributed by atoms with van der Waals surface area (Å²) in [6, 6.07) is 0.0480. The first-order valence-corrected chi connectivity index (χ1v) is 9.06. The minimum absolute atomic E-state index is 0.0480. The van der Waals surface area contributed by atoms with E-state index in [0.29, 0.717) is 12.1 Å². The summed E-state index contributed by atoms with van der Waals surface area (Å²) in [5.74, 6) is -0.316. The summed E-state index contributed by atoms with van der Waals surface area (Å²) >= 11 is 0. The van der Waals surface area contributed by atoms with Crippen molar-refractivity contribution in [3.05, 3.63) is 26.4 Å². The van der Waals surface area contributed by atoms with Crippen molar-refractivity contribution in [2.45, 2.75) is 53.0 Å². The molecule has 0 aromatic carbocycles. The molecule has 142 valence electrons. The van der Waals surface area contributed by atoms with Gasteiger partial charge in [0.15, 0.2) is 0 Å². The molecular formula is C18H32N4O3. The Labute approximate surface area is 149 Å². The molecule has 0 amide bonds. The topological polar surface area (TPSA) is 79.8 Å². The Bertz CT molecular complexity index is 714. The molecule has 0 aliphatic rings. The number of hydrogen-bond acceptors (Lipinski definition) is 5. The van der Waals surface area contributed by atoms with Gasteiger partial charge in [0, 0.05) is 20.1 Å². The van der Waals surface area contributed by atoms with Crippen molar-refractivity contribution in [1.29, 1.82) is 0 Å². The Hall–Kier alpha value is -1.89. The Balaban J connectivity index is 3.05. The van der Waals surface area contributed by atoms with E-state index >= 15 is 0 Å². The van der Waals surface area contributed by atoms with Gasteiger partial charge in [0.05, 0.1) is 5.71 Å². The van der Waals surface area contributed by atoms with Crippen molar-refractivity contribution < 1.29 is 5.11 Å². The first-order valence-electron chi connectivity index (χ1n) is 9.06. The predicted molar refractivity (Wildman–Crippen MR) is 102 cm³/mol. The van der Waals surface area contributed by atoms with Gasteiger partial charge in [-0.25, -0.2) is 4.79 Å². The zero-order chi connectivity index (χ0) is 19.1. The first kappa shape index (κ1) is 21.2. The van der Waals surface area contributed by atoms with Gasteiger partial charge in [-0.1, -0.05) is 20.8 Å². The molecule has 1 atom stereocenters. The van der Waals surface area contributed by atoms with Crippen LogP contribution in [0.3, 0.4) is 0 Å². The second-order valence-corrected chi connectivity index (χ2v) is 6.35. The zero-order valence-electron chi connectivity index (χ0n) is 16.4. The minimum Gasteiger partial charge on any atom is -0.494 e. The standard InChI is InChI=1S/C18H32N4O3/c1-7-14(19-13(4)11-10-12-22(8-2)9-3)15-16(23)20(5)18(25)21(6)17(15)24/h13,23H,7-12H2,1-6H3/t13-/m1/s1. The van der Waals surface area contributed by atoms with Crippen LogP contribution in [0.4, 0.5) is 0 Å². The van der Waals surface area contributed by atoms with E-state index in [-0.39, 0.29) is 17.5 Å². The average molecular weight is 352 g/mol. The summed E-state index contributed by atoms with van der Waals surface area (Å²) in [5, 5.41) is 10.3. The highest BCUT2D eigenvalue weighted by atomic mass is 16.3. The summed E-state index contributed by atoms with van der Waals surface area (Å²) in [4.78, 5) is 31.3. The molecule has 0 aliphatic carbocycles. The van der Waals surface area contributed by atoms with Gasteiger partial charge in [0.2, 0.25) is 5.88 Å². The van der Waals surface area contributed by atoms with Crippen LogP contribution in [0.25, 0.3) is 0 Å². The van der Waals surface area contributed by atoms with E-state index in [1.54, 1.807) is 0 Å². The second kappa shape index (κ2) is 9.56. The lowest BCUT2D eigenvalue weighted by Crippen LogP contribution is -2.40. The van der Waals surface area contributed by atoms with Crippen LogP contribution in [-0.2, 0) is 14.1 Å². The quantitative estimate of drug-likeness (QED) is 0.683. The lowest BCUT2D eigenvalue weighted by Gasteiger charge is -2.18. The summed E-state index contributed by atoms with van der Waals surface area (Å²) in [7, 11) is 2.86. The number of aromatic hydroxyl groups is 1. The molecule has 1 N–H and O–H groups in total. The third-order valence-corrected chi connectivity index (χ3v) is 4.62. The van der Waals surface area contributed by atoms with Crippen LogP contribution < -0.4 is 11.2 Å². The fourth-order valence-electron chi connectivity index (χ4n) is 2.90. The summed E-state index contributed by atoms with van der Waals surface area (Å²) < 4.78 is 2.08. The van der Waals surface area contributed by atoms with Crippen LogP contribution in [0.5, 0.6) is 5.88 Å². The van der Waals surface area contributed by atoms with Crippen molar-refractivity contribution in [2.75, 3.05) is 19.6 Å². The molecule has 1 aromatic rings. The molecule has 25 heavy (non-hydrogen) atoms. The van der Waals surface area contributed by atoms with Crippen LogP contribution in [0, 0.1) is 0 Å². The monoisotopic (exact) mass is 352 g/mol. The zero-order valence-corrected chi connectivity index (χ0v) is 16.4. The van der Waals surface area contributed by atoms with Crippen LogP contribution >= 0.6 is 0 Å². The van der Waals surface area contributed by atoms with Crippen LogP contribution in [0.1, 0.15) is 52.5 Å². The minimum atomic E-state index is -0.547. The van der Waals surface area contributed by atoms with Gasteiger partial charge in [-0.15, -0.1) is 0 Å². The van der Waals surface area contributed by atoms with Crippen molar-refractivity contribution in [1.82, 2.24) is 14.0 Å². The molecule has 0 fully saturated rings. The highest BCUT2D eigenvalue weighted by Gasteiger charge is 2.19. The van der Waals surface area contributed by atoms with E-state index in [1.165, 1.54) is 14.1 Å². The van der Waals surface area contributed by atoms with E-state index in [0.717, 1.165) is 41.6 Å². The lowest BCUT2D eigenvalue weighted by atomic mass is 10.1. The van der Waals surface area contributed by atoms with Gasteiger partial charge in [-0.3, -0.25) is 18.9 Å². The molecule has 0 saturated carbocycles. The molecule has 0 bridgehead atoms. The van der Waals surface area contributed by atoms with Crippen molar-refractivity contribution in [3.8, 4) is 5.88 Å². The molecule has 1 aromatic heterocycles. The van der Waals surface area contributed by atoms with Crippen LogP contribution in [0.2, 0.25) is 0 Å². The van der Waals surface area contributed by atoms with Crippen molar-refractivity contribution in [2.24, 2.45) is 19.1 Å². The molecule has 7 heteroatoms. The predicted octanol–water partition coefficient (Wildman–Crippen LogP) is 1.50. The fraction of sp³-hybridized carbons (Fsp3) is 0.722. The smallest absolute Gasteiger partial charge is 0.333 e. The van der Waals surface area contributed by atoms with Crippen LogP contribution in [-0.4, -0.2) is 50.5 Å². The highest BCUT2D eigenvalue weighted by Crippen LogP contribution is 2.14. The molecule has 0 saturated heterocycles. The van der Waals surface area contributed by atoms with E-state index in [1.807, 2.05) is 13.8 Å². The molecule has 1 rings (SSSR count). The first-order chi connectivity index (χ1) is 11.8. The lowest BCUT2D eigenvalue weighted by molar-refractivity contribution is 0.294. The fourth-order valence-corrected chi connectivity index (χ4v) is 2.90. The maximum absolute atomic E-state index is 12.4. The third kappa shape index (κ3) is 5.04. The highest BCUT2D eigenvalue weighted by molar-refractivity contribution is 6.02. The molecule has 0 aliphatic heterocycles. The number of hydrogen-bond donors (Lipinski definition) is 1. The van der Waals surface area contributed by atoms with Gasteiger partial charge >= 0.3 is 5.69 Å². The van der Waals surface area contributed by atoms with Crippen molar-refractivity contribution >= 4 is 5.71 Å². The number of aliphatic imine (C=N–C) groups is 1. The van der Waals surface area contributed by atoms with Crippen molar-refractivity contribution in [3.63, 3.8) is 0 Å². The maximum atomic E-state index is 12.4. The van der Waals surface area contributed by atoms with Gasteiger partial charge in [0.1, 0.15) is 5.56 Å². The average Bonchev–Trinajstić information content (AvgIpc) is 2.61. The summed E-state index contributed by atoms with van der Waals surface area (Å²) in [6.45, 7) is 11.3. The molecule has 0 radical (unpaired) electrons. The van der Waals surface area contributed by atoms with Gasteiger partial charge in [-0.2, -0.15) is 0 Å². The maximum Gasteiger partial charge on any atom is 0.333 e. The van der Waals surface area contributed by atoms with Gasteiger partial charge < -0.3 is 10.0 Å². The Morgan fingerprint density at radius 2 is 1.76 bits per heavy atom. The molecule has 7 nitrogen and oxygen atoms in total. The summed E-state index contributed by atoms with van der Waals surface area (Å²) in [6.07, 6.45) is 2.45. The van der Waals surface area contributed by atoms with E-state index in [4.69, 9.17) is 0 Å². The van der Waals surface area contributed by atoms with E-state index in [9.17, 15) is 14.7 Å². The van der Waals surface area contributed by atoms with Gasteiger partial charge in [-0.05, 0) is 45.8 Å². The number of rotatable bonds is 9. The SMILES string of the molecule is CCC(=N[C@H](C)CCCN(CC)CC)c1c(O)n(C)c(=O)n(C)c1=O. The Morgan fingerprint density at radius 3 is 2.28 bits per heavy atom. The number of aromatic nitrogens is 2. The second-order valence-electron chi connectivity index (χ2n) is 6.35. The largest absolute Gasteiger partial charge is 0.494 e.